The Bertz CT molecular complexity index is 1660. The molecule has 36 heavy (non-hydrogen) atoms. The Morgan fingerprint density at radius 3 is 1.58 bits per heavy atom. The molecule has 0 fully saturated rings. The minimum Gasteiger partial charge on any atom is -0.413 e. The summed E-state index contributed by atoms with van der Waals surface area (Å²) in [6, 6.07) is 44.8. The molecule has 0 spiro atoms. The van der Waals surface area contributed by atoms with Crippen LogP contribution < -0.4 is 14.4 Å². The van der Waals surface area contributed by atoms with Crippen LogP contribution in [0, 0.1) is 0 Å². The number of para-hydroxylation sites is 2. The summed E-state index contributed by atoms with van der Waals surface area (Å²) in [5, 5.41) is 4.74. The van der Waals surface area contributed by atoms with Gasteiger partial charge in [0.1, 0.15) is 11.5 Å². The van der Waals surface area contributed by atoms with Gasteiger partial charge in [0.25, 0.3) is 0 Å². The first kappa shape index (κ1) is 22.2. The van der Waals surface area contributed by atoms with Gasteiger partial charge in [0.05, 0.1) is 5.30 Å². The van der Waals surface area contributed by atoms with Gasteiger partial charge in [-0.05, 0) is 57.4 Å². The largest absolute Gasteiger partial charge is 0.463 e. The van der Waals surface area contributed by atoms with E-state index in [1.54, 1.807) is 24.3 Å². The Morgan fingerprint density at radius 1 is 0.444 bits per heavy atom. The zero-order chi connectivity index (χ0) is 24.4. The highest BCUT2D eigenvalue weighted by atomic mass is 31.2. The number of rotatable bonds is 6. The summed E-state index contributed by atoms with van der Waals surface area (Å²) < 4.78 is 27.4. The van der Waals surface area contributed by atoms with Crippen LogP contribution >= 0.6 is 7.60 Å². The summed E-state index contributed by atoms with van der Waals surface area (Å²) in [5.41, 5.74) is 1.83. The van der Waals surface area contributed by atoms with E-state index in [2.05, 4.69) is 36.4 Å². The predicted octanol–water partition coefficient (Wildman–Crippen LogP) is 8.64. The zero-order valence-corrected chi connectivity index (χ0v) is 20.3. The Kier molecular flexibility index (Phi) is 5.77. The molecule has 0 N–H and O–H groups in total. The van der Waals surface area contributed by atoms with Gasteiger partial charge in [-0.3, -0.25) is 0 Å². The van der Waals surface area contributed by atoms with E-state index < -0.39 is 7.60 Å². The average molecular weight is 487 g/mol. The van der Waals surface area contributed by atoms with Gasteiger partial charge in [-0.15, -0.1) is 0 Å². The molecule has 0 heterocycles. The van der Waals surface area contributed by atoms with Crippen LogP contribution in [0.2, 0.25) is 0 Å². The van der Waals surface area contributed by atoms with Crippen molar-refractivity contribution in [3.8, 4) is 22.6 Å². The van der Waals surface area contributed by atoms with E-state index in [1.807, 2.05) is 78.9 Å². The van der Waals surface area contributed by atoms with Crippen LogP contribution in [0.15, 0.2) is 140 Å². The van der Waals surface area contributed by atoms with Gasteiger partial charge in [-0.2, -0.15) is 0 Å². The third-order valence-electron chi connectivity index (χ3n) is 6.20. The van der Waals surface area contributed by atoms with Crippen LogP contribution in [0.3, 0.4) is 0 Å². The molecule has 0 aliphatic rings. The SMILES string of the molecule is O=P(Oc1ccccc1)(Oc1ccccc1)c1ccc2ccccc2c1-c1cccc2ccccc12. The molecule has 0 aliphatic heterocycles. The van der Waals surface area contributed by atoms with Crippen LogP contribution in [0.1, 0.15) is 0 Å². The molecular formula is C32H23O3P. The normalized spacial score (nSPS) is 11.4. The molecule has 6 rings (SSSR count). The highest BCUT2D eigenvalue weighted by Crippen LogP contribution is 2.51. The molecule has 6 aromatic rings. The van der Waals surface area contributed by atoms with Crippen molar-refractivity contribution in [1.29, 1.82) is 0 Å². The molecule has 0 saturated carbocycles. The number of hydrogen-bond donors (Lipinski definition) is 0. The first-order valence-electron chi connectivity index (χ1n) is 11.8. The quantitative estimate of drug-likeness (QED) is 0.221. The average Bonchev–Trinajstić information content (AvgIpc) is 2.93. The minimum absolute atomic E-state index is 0.480. The maximum absolute atomic E-state index is 14.9. The lowest BCUT2D eigenvalue weighted by atomic mass is 9.94. The second kappa shape index (κ2) is 9.37. The van der Waals surface area contributed by atoms with E-state index in [1.165, 1.54) is 0 Å². The van der Waals surface area contributed by atoms with E-state index in [9.17, 15) is 4.57 Å². The first-order chi connectivity index (χ1) is 17.7. The first-order valence-corrected chi connectivity index (χ1v) is 13.4. The topological polar surface area (TPSA) is 35.5 Å². The Morgan fingerprint density at radius 2 is 0.944 bits per heavy atom. The molecule has 0 radical (unpaired) electrons. The van der Waals surface area contributed by atoms with Crippen molar-refractivity contribution >= 4 is 34.4 Å². The lowest BCUT2D eigenvalue weighted by Gasteiger charge is -2.24. The van der Waals surface area contributed by atoms with Gasteiger partial charge in [-0.1, -0.05) is 109 Å². The smallest absolute Gasteiger partial charge is 0.413 e. The van der Waals surface area contributed by atoms with Crippen molar-refractivity contribution in [3.05, 3.63) is 140 Å². The molecule has 0 saturated heterocycles. The summed E-state index contributed by atoms with van der Waals surface area (Å²) in [6.45, 7) is 0. The molecule has 0 aliphatic carbocycles. The Balaban J connectivity index is 1.65. The summed E-state index contributed by atoms with van der Waals surface area (Å²) in [4.78, 5) is 0. The van der Waals surface area contributed by atoms with Crippen molar-refractivity contribution < 1.29 is 13.6 Å². The van der Waals surface area contributed by atoms with Gasteiger partial charge >= 0.3 is 7.60 Å². The van der Waals surface area contributed by atoms with E-state index in [0.717, 1.165) is 32.7 Å². The number of hydrogen-bond acceptors (Lipinski definition) is 3. The van der Waals surface area contributed by atoms with Gasteiger partial charge in [0.2, 0.25) is 0 Å². The molecule has 6 aromatic carbocycles. The molecule has 4 heteroatoms. The van der Waals surface area contributed by atoms with Gasteiger partial charge in [0.15, 0.2) is 0 Å². The van der Waals surface area contributed by atoms with Crippen molar-refractivity contribution in [3.63, 3.8) is 0 Å². The summed E-state index contributed by atoms with van der Waals surface area (Å²) in [5.74, 6) is 0.961. The van der Waals surface area contributed by atoms with Crippen molar-refractivity contribution in [2.75, 3.05) is 0 Å². The van der Waals surface area contributed by atoms with Crippen LogP contribution in [-0.4, -0.2) is 0 Å². The lowest BCUT2D eigenvalue weighted by Crippen LogP contribution is -2.18. The van der Waals surface area contributed by atoms with Crippen LogP contribution in [0.25, 0.3) is 32.7 Å². The highest BCUT2D eigenvalue weighted by Gasteiger charge is 2.35. The number of benzene rings is 6. The Labute approximate surface area is 210 Å². The lowest BCUT2D eigenvalue weighted by molar-refractivity contribution is 0.399. The van der Waals surface area contributed by atoms with Crippen molar-refractivity contribution in [2.45, 2.75) is 0 Å². The van der Waals surface area contributed by atoms with E-state index in [4.69, 9.17) is 9.05 Å². The Hall–Kier alpha value is -4.33. The standard InChI is InChI=1S/C32H23O3P/c33-36(34-26-15-3-1-4-16-26,35-27-17-5-2-6-18-27)31-23-22-25-13-8-10-20-29(25)32(31)30-21-11-14-24-12-7-9-19-28(24)30/h1-23H. The zero-order valence-electron chi connectivity index (χ0n) is 19.5. The van der Waals surface area contributed by atoms with E-state index in [-0.39, 0.29) is 0 Å². The fourth-order valence-electron chi connectivity index (χ4n) is 4.57. The second-order valence-electron chi connectivity index (χ2n) is 8.51. The predicted molar refractivity (Wildman–Crippen MR) is 148 cm³/mol. The summed E-state index contributed by atoms with van der Waals surface area (Å²) >= 11 is 0. The summed E-state index contributed by atoms with van der Waals surface area (Å²) in [7, 11) is -3.90. The monoisotopic (exact) mass is 486 g/mol. The third-order valence-corrected chi connectivity index (χ3v) is 8.06. The molecule has 3 nitrogen and oxygen atoms in total. The molecular weight excluding hydrogens is 463 g/mol. The molecule has 174 valence electrons. The third kappa shape index (κ3) is 4.15. The van der Waals surface area contributed by atoms with Crippen LogP contribution in [-0.2, 0) is 4.57 Å². The van der Waals surface area contributed by atoms with Crippen molar-refractivity contribution in [2.24, 2.45) is 0 Å². The van der Waals surface area contributed by atoms with E-state index in [0.29, 0.717) is 16.8 Å². The van der Waals surface area contributed by atoms with Gasteiger partial charge < -0.3 is 9.05 Å². The van der Waals surface area contributed by atoms with Crippen molar-refractivity contribution in [1.82, 2.24) is 0 Å². The molecule has 0 atom stereocenters. The second-order valence-corrected chi connectivity index (χ2v) is 10.4. The maximum atomic E-state index is 14.9. The van der Waals surface area contributed by atoms with Crippen LogP contribution in [0.5, 0.6) is 11.5 Å². The molecule has 0 amide bonds. The molecule has 0 aromatic heterocycles. The molecule has 0 bridgehead atoms. The minimum atomic E-state index is -3.90. The fraction of sp³-hybridized carbons (Fsp3) is 0. The van der Waals surface area contributed by atoms with Crippen LogP contribution in [0.4, 0.5) is 0 Å². The molecule has 0 unspecified atom stereocenters. The van der Waals surface area contributed by atoms with Gasteiger partial charge in [-0.25, -0.2) is 4.57 Å². The fourth-order valence-corrected chi connectivity index (χ4v) is 6.38. The maximum Gasteiger partial charge on any atom is 0.463 e. The van der Waals surface area contributed by atoms with E-state index >= 15 is 0 Å². The summed E-state index contributed by atoms with van der Waals surface area (Å²) in [6.07, 6.45) is 0. The number of fused-ring (bicyclic) bond motifs is 2. The highest BCUT2D eigenvalue weighted by molar-refractivity contribution is 7.63. The van der Waals surface area contributed by atoms with Gasteiger partial charge in [0, 0.05) is 5.56 Å².